The van der Waals surface area contributed by atoms with E-state index >= 15 is 0 Å². The molecule has 2 heteroatoms. The van der Waals surface area contributed by atoms with Gasteiger partial charge in [-0.2, -0.15) is 0 Å². The summed E-state index contributed by atoms with van der Waals surface area (Å²) in [4.78, 5) is 0. The molecule has 0 amide bonds. The molecule has 0 aliphatic carbocycles. The van der Waals surface area contributed by atoms with E-state index in [1.54, 1.807) is 5.56 Å². The molecule has 1 heterocycles. The van der Waals surface area contributed by atoms with Gasteiger partial charge in [0.15, 0.2) is 0 Å². The maximum atomic E-state index is 11.9. The first-order valence-corrected chi connectivity index (χ1v) is 17.0. The van der Waals surface area contributed by atoms with Gasteiger partial charge in [-0.15, -0.1) is 0 Å². The van der Waals surface area contributed by atoms with Crippen LogP contribution in [0, 0.1) is 20.8 Å². The summed E-state index contributed by atoms with van der Waals surface area (Å²) in [5, 5.41) is 0. The third kappa shape index (κ3) is 8.76. The molecule has 2 aromatic carbocycles. The van der Waals surface area contributed by atoms with Crippen molar-refractivity contribution in [2.24, 2.45) is 0 Å². The van der Waals surface area contributed by atoms with E-state index in [0.29, 0.717) is 0 Å². The van der Waals surface area contributed by atoms with Crippen LogP contribution in [0.3, 0.4) is 0 Å². The molecular formula is C39H58N2. The van der Waals surface area contributed by atoms with Crippen molar-refractivity contribution in [3.63, 3.8) is 0 Å². The Labute approximate surface area is 252 Å². The molecule has 0 atom stereocenters. The highest BCUT2D eigenvalue weighted by atomic mass is 15.2. The van der Waals surface area contributed by atoms with E-state index in [1.165, 1.54) is 127 Å². The monoisotopic (exact) mass is 554 g/mol. The Hall–Kier alpha value is -2.48. The van der Waals surface area contributed by atoms with Gasteiger partial charge in [0.1, 0.15) is 0 Å². The highest BCUT2D eigenvalue weighted by Crippen LogP contribution is 2.40. The lowest BCUT2D eigenvalue weighted by molar-refractivity contribution is -0.344. The van der Waals surface area contributed by atoms with Gasteiger partial charge in [-0.1, -0.05) is 79.1 Å². The summed E-state index contributed by atoms with van der Waals surface area (Å²) in [6, 6.07) is 9.38. The van der Waals surface area contributed by atoms with Gasteiger partial charge in [0.05, 0.1) is 0 Å². The lowest BCUT2D eigenvalue weighted by atomic mass is 9.87. The number of aryl methyl sites for hydroxylation is 4. The van der Waals surface area contributed by atoms with E-state index in [9.17, 15) is 5.53 Å². The second-order valence-corrected chi connectivity index (χ2v) is 12.6. The number of hydrogen-bond acceptors (Lipinski definition) is 0. The quantitative estimate of drug-likeness (QED) is 0.129. The van der Waals surface area contributed by atoms with Crippen molar-refractivity contribution in [2.75, 3.05) is 0 Å². The van der Waals surface area contributed by atoms with Crippen LogP contribution >= 0.6 is 0 Å². The number of rotatable bonds is 18. The first-order valence-electron chi connectivity index (χ1n) is 17.0. The Bertz CT molecular complexity index is 1170. The van der Waals surface area contributed by atoms with E-state index in [-0.39, 0.29) is 0 Å². The fourth-order valence-corrected chi connectivity index (χ4v) is 6.32. The van der Waals surface area contributed by atoms with Crippen molar-refractivity contribution in [2.45, 2.75) is 151 Å². The predicted molar refractivity (Wildman–Crippen MR) is 179 cm³/mol. The summed E-state index contributed by atoms with van der Waals surface area (Å²) >= 11 is 0. The van der Waals surface area contributed by atoms with Gasteiger partial charge < -0.3 is 5.53 Å². The smallest absolute Gasteiger partial charge is 0.210 e. The Kier molecular flexibility index (Phi) is 13.6. The van der Waals surface area contributed by atoms with Gasteiger partial charge in [0.25, 0.3) is 0 Å². The van der Waals surface area contributed by atoms with Gasteiger partial charge in [0.2, 0.25) is 11.4 Å². The van der Waals surface area contributed by atoms with Crippen LogP contribution in [0.25, 0.3) is 16.9 Å². The molecule has 0 saturated heterocycles. The van der Waals surface area contributed by atoms with Gasteiger partial charge in [0, 0.05) is 22.8 Å². The van der Waals surface area contributed by atoms with Crippen LogP contribution in [-0.2, 0) is 19.3 Å². The molecule has 0 N–H and O–H groups in total. The normalized spacial score (nSPS) is 13.4. The third-order valence-electron chi connectivity index (χ3n) is 9.17. The molecule has 0 aromatic heterocycles. The van der Waals surface area contributed by atoms with Crippen LogP contribution < -0.4 is 0 Å². The number of benzene rings is 2. The zero-order valence-electron chi connectivity index (χ0n) is 27.6. The summed E-state index contributed by atoms with van der Waals surface area (Å²) in [6.07, 6.45) is 21.7. The minimum absolute atomic E-state index is 0.924. The van der Waals surface area contributed by atoms with Crippen LogP contribution in [0.5, 0.6) is 0 Å². The molecule has 0 saturated carbocycles. The molecular weight excluding hydrogens is 496 g/mol. The highest BCUT2D eigenvalue weighted by molar-refractivity contribution is 5.79. The second kappa shape index (κ2) is 16.8. The number of allylic oxidation sites excluding steroid dienone is 2. The molecule has 1 aliphatic rings. The lowest BCUT2D eigenvalue weighted by Crippen LogP contribution is -2.08. The van der Waals surface area contributed by atoms with Crippen molar-refractivity contribution in [1.82, 2.24) is 0 Å². The number of hydrogen-bond donors (Lipinski definition) is 0. The van der Waals surface area contributed by atoms with Crippen molar-refractivity contribution < 1.29 is 4.70 Å². The summed E-state index contributed by atoms with van der Waals surface area (Å²) in [5.74, 6) is 0. The summed E-state index contributed by atoms with van der Waals surface area (Å²) in [5.41, 5.74) is 26.0. The molecule has 224 valence electrons. The maximum Gasteiger partial charge on any atom is 0.210 e. The van der Waals surface area contributed by atoms with E-state index in [0.717, 1.165) is 36.2 Å². The molecule has 41 heavy (non-hydrogen) atoms. The molecule has 3 rings (SSSR count). The van der Waals surface area contributed by atoms with Crippen LogP contribution in [-0.4, -0.2) is 4.70 Å². The number of unbranched alkanes of at least 4 members (excludes halogenated alkanes) is 8. The average Bonchev–Trinajstić information content (AvgIpc) is 3.29. The lowest BCUT2D eigenvalue weighted by Gasteiger charge is -2.19. The van der Waals surface area contributed by atoms with E-state index in [2.05, 4.69) is 78.8 Å². The standard InChI is InChI=1S/C39H58N2/c1-8-12-16-17-18-19-22-34-28-38(35-24-29(5)31(7)30(6)25-35)41(40)39(34)36-26-32(20-13-9-2)37(23-15-11-4)33(27-36)21-14-10-3/h24-28H,8-23H2,1-7H3. The molecule has 2 nitrogen and oxygen atoms in total. The Morgan fingerprint density at radius 2 is 1.07 bits per heavy atom. The number of nitrogens with zero attached hydrogens (tertiary/aromatic N) is 2. The van der Waals surface area contributed by atoms with E-state index in [1.807, 2.05) is 0 Å². The fraction of sp³-hybridized carbons (Fsp3) is 0.590. The molecule has 0 fully saturated rings. The van der Waals surface area contributed by atoms with Crippen molar-refractivity contribution in [1.29, 1.82) is 0 Å². The maximum absolute atomic E-state index is 11.9. The topological polar surface area (TPSA) is 25.3 Å². The van der Waals surface area contributed by atoms with Crippen LogP contribution in [0.4, 0.5) is 0 Å². The van der Waals surface area contributed by atoms with Crippen LogP contribution in [0.2, 0.25) is 0 Å². The molecule has 1 aliphatic heterocycles. The van der Waals surface area contributed by atoms with Crippen molar-refractivity contribution in [3.8, 4) is 0 Å². The Morgan fingerprint density at radius 3 is 1.63 bits per heavy atom. The zero-order valence-corrected chi connectivity index (χ0v) is 27.6. The first-order chi connectivity index (χ1) is 19.9. The van der Waals surface area contributed by atoms with Gasteiger partial charge in [-0.05, 0) is 130 Å². The molecule has 0 unspecified atom stereocenters. The Balaban J connectivity index is 2.09. The minimum atomic E-state index is 0.924. The van der Waals surface area contributed by atoms with Gasteiger partial charge in [-0.3, -0.25) is 0 Å². The highest BCUT2D eigenvalue weighted by Gasteiger charge is 2.30. The predicted octanol–water partition coefficient (Wildman–Crippen LogP) is 12.2. The summed E-state index contributed by atoms with van der Waals surface area (Å²) in [7, 11) is 0. The zero-order chi connectivity index (χ0) is 29.8. The van der Waals surface area contributed by atoms with Crippen molar-refractivity contribution >= 4 is 11.4 Å². The largest absolute Gasteiger partial charge is 0.493 e. The van der Waals surface area contributed by atoms with Gasteiger partial charge >= 0.3 is 0 Å². The Morgan fingerprint density at radius 1 is 0.561 bits per heavy atom. The second-order valence-electron chi connectivity index (χ2n) is 12.6. The SMILES string of the molecule is CCCCCCCCC1=C(c2cc(CCCC)c(CCCC)c(CCCC)c2)[N+](=[N-])C(c2cc(C)c(C)c(C)c2)=C1. The van der Waals surface area contributed by atoms with E-state index < -0.39 is 0 Å². The fourth-order valence-electron chi connectivity index (χ4n) is 6.32. The minimum Gasteiger partial charge on any atom is -0.493 e. The summed E-state index contributed by atoms with van der Waals surface area (Å²) in [6.45, 7) is 15.7. The first kappa shape index (κ1) is 33.0. The molecule has 2 aromatic rings. The van der Waals surface area contributed by atoms with Crippen LogP contribution in [0.15, 0.2) is 35.9 Å². The van der Waals surface area contributed by atoms with Crippen LogP contribution in [0.1, 0.15) is 156 Å². The summed E-state index contributed by atoms with van der Waals surface area (Å²) < 4.78 is 1.53. The van der Waals surface area contributed by atoms with Gasteiger partial charge in [-0.25, -0.2) is 4.70 Å². The van der Waals surface area contributed by atoms with Crippen molar-refractivity contribution in [3.05, 3.63) is 86.0 Å². The average molecular weight is 555 g/mol. The molecule has 0 spiro atoms. The third-order valence-corrected chi connectivity index (χ3v) is 9.17. The molecule has 0 radical (unpaired) electrons. The van der Waals surface area contributed by atoms with E-state index in [4.69, 9.17) is 0 Å². The molecule has 0 bridgehead atoms.